The zero-order valence-corrected chi connectivity index (χ0v) is 11.5. The fourth-order valence-corrected chi connectivity index (χ4v) is 2.14. The van der Waals surface area contributed by atoms with Crippen molar-refractivity contribution in [2.45, 2.75) is 19.6 Å². The Morgan fingerprint density at radius 1 is 1.10 bits per heavy atom. The summed E-state index contributed by atoms with van der Waals surface area (Å²) in [5.74, 6) is 0. The van der Waals surface area contributed by atoms with Crippen molar-refractivity contribution in [3.63, 3.8) is 0 Å². The second-order valence-electron chi connectivity index (χ2n) is 4.54. The molecule has 2 aromatic rings. The largest absolute Gasteiger partial charge is 0.416 e. The van der Waals surface area contributed by atoms with Crippen LogP contribution in [0, 0.1) is 6.92 Å². The highest BCUT2D eigenvalue weighted by atomic mass is 35.5. The molecule has 2 aromatic carbocycles. The summed E-state index contributed by atoms with van der Waals surface area (Å²) in [5, 5.41) is 0.517. The van der Waals surface area contributed by atoms with Crippen LogP contribution in [0.5, 0.6) is 0 Å². The number of rotatable bonds is 2. The molecule has 0 radical (unpaired) electrons. The Morgan fingerprint density at radius 3 is 2.35 bits per heavy atom. The lowest BCUT2D eigenvalue weighted by molar-refractivity contribution is -0.137. The van der Waals surface area contributed by atoms with Crippen molar-refractivity contribution < 1.29 is 13.2 Å². The van der Waals surface area contributed by atoms with Gasteiger partial charge in [-0.1, -0.05) is 29.8 Å². The minimum Gasteiger partial charge on any atom is -0.326 e. The fraction of sp³-hybridized carbons (Fsp3) is 0.200. The van der Waals surface area contributed by atoms with E-state index in [0.29, 0.717) is 21.7 Å². The lowest BCUT2D eigenvalue weighted by Gasteiger charge is -2.13. The average Bonchev–Trinajstić information content (AvgIpc) is 2.40. The number of hydrogen-bond donors (Lipinski definition) is 1. The Balaban J connectivity index is 2.61. The predicted molar refractivity (Wildman–Crippen MR) is 74.5 cm³/mol. The first kappa shape index (κ1) is 14.9. The van der Waals surface area contributed by atoms with E-state index in [4.69, 9.17) is 17.3 Å². The zero-order chi connectivity index (χ0) is 14.9. The van der Waals surface area contributed by atoms with E-state index in [1.807, 2.05) is 6.92 Å². The van der Waals surface area contributed by atoms with E-state index in [-0.39, 0.29) is 6.54 Å². The highest BCUT2D eigenvalue weighted by molar-refractivity contribution is 6.31. The molecular weight excluding hydrogens is 287 g/mol. The Hall–Kier alpha value is -1.52. The van der Waals surface area contributed by atoms with Crippen molar-refractivity contribution in [1.29, 1.82) is 0 Å². The van der Waals surface area contributed by atoms with Gasteiger partial charge in [-0.05, 0) is 47.4 Å². The van der Waals surface area contributed by atoms with Gasteiger partial charge in [0.05, 0.1) is 5.56 Å². The molecule has 2 rings (SSSR count). The van der Waals surface area contributed by atoms with Gasteiger partial charge in [0, 0.05) is 11.6 Å². The third-order valence-corrected chi connectivity index (χ3v) is 3.55. The lowest BCUT2D eigenvalue weighted by atomic mass is 9.96. The summed E-state index contributed by atoms with van der Waals surface area (Å²) in [6.45, 7) is 2.00. The molecule has 0 amide bonds. The molecule has 0 spiro atoms. The molecule has 0 saturated carbocycles. The van der Waals surface area contributed by atoms with Crippen LogP contribution in [0.3, 0.4) is 0 Å². The molecule has 0 aromatic heterocycles. The summed E-state index contributed by atoms with van der Waals surface area (Å²) in [7, 11) is 0. The van der Waals surface area contributed by atoms with E-state index in [0.717, 1.165) is 17.7 Å². The smallest absolute Gasteiger partial charge is 0.326 e. The monoisotopic (exact) mass is 299 g/mol. The van der Waals surface area contributed by atoms with Gasteiger partial charge in [0.2, 0.25) is 0 Å². The average molecular weight is 300 g/mol. The first-order valence-corrected chi connectivity index (χ1v) is 6.37. The molecule has 0 fully saturated rings. The van der Waals surface area contributed by atoms with E-state index < -0.39 is 11.7 Å². The molecule has 0 bridgehead atoms. The summed E-state index contributed by atoms with van der Waals surface area (Å²) in [5.41, 5.74) is 7.52. The molecule has 0 saturated heterocycles. The zero-order valence-electron chi connectivity index (χ0n) is 10.8. The maximum Gasteiger partial charge on any atom is 0.416 e. The third-order valence-electron chi connectivity index (χ3n) is 3.14. The van der Waals surface area contributed by atoms with E-state index in [9.17, 15) is 13.2 Å². The molecule has 0 aliphatic rings. The third kappa shape index (κ3) is 2.97. The quantitative estimate of drug-likeness (QED) is 0.847. The van der Waals surface area contributed by atoms with Crippen LogP contribution in [-0.4, -0.2) is 0 Å². The highest BCUT2D eigenvalue weighted by Crippen LogP contribution is 2.35. The van der Waals surface area contributed by atoms with Gasteiger partial charge < -0.3 is 5.73 Å². The van der Waals surface area contributed by atoms with E-state index in [1.165, 1.54) is 6.07 Å². The minimum atomic E-state index is -4.38. The molecule has 0 unspecified atom stereocenters. The van der Waals surface area contributed by atoms with Crippen molar-refractivity contribution in [3.05, 3.63) is 58.1 Å². The first-order chi connectivity index (χ1) is 9.32. The van der Waals surface area contributed by atoms with Crippen LogP contribution >= 0.6 is 11.6 Å². The molecule has 2 N–H and O–H groups in total. The van der Waals surface area contributed by atoms with E-state index >= 15 is 0 Å². The van der Waals surface area contributed by atoms with Gasteiger partial charge in [-0.15, -0.1) is 0 Å². The lowest BCUT2D eigenvalue weighted by Crippen LogP contribution is -2.07. The topological polar surface area (TPSA) is 26.0 Å². The molecule has 0 aliphatic heterocycles. The Kier molecular flexibility index (Phi) is 4.06. The summed E-state index contributed by atoms with van der Waals surface area (Å²) >= 11 is 6.04. The SMILES string of the molecule is Cc1ccc(-c2cc(C(F)(F)F)ccc2CN)cc1Cl. The van der Waals surface area contributed by atoms with Gasteiger partial charge in [0.25, 0.3) is 0 Å². The van der Waals surface area contributed by atoms with Gasteiger partial charge in [-0.25, -0.2) is 0 Å². The Bertz CT molecular complexity index is 636. The van der Waals surface area contributed by atoms with Gasteiger partial charge in [-0.2, -0.15) is 13.2 Å². The Morgan fingerprint density at radius 2 is 1.80 bits per heavy atom. The standard InChI is InChI=1S/C15H13ClF3N/c1-9-2-3-10(6-14(9)16)13-7-12(15(17,18)19)5-4-11(13)8-20/h2-7H,8,20H2,1H3. The second kappa shape index (κ2) is 5.46. The van der Waals surface area contributed by atoms with Crippen LogP contribution in [0.2, 0.25) is 5.02 Å². The summed E-state index contributed by atoms with van der Waals surface area (Å²) < 4.78 is 38.4. The molecular formula is C15H13ClF3N. The highest BCUT2D eigenvalue weighted by Gasteiger charge is 2.31. The van der Waals surface area contributed by atoms with Gasteiger partial charge in [-0.3, -0.25) is 0 Å². The number of nitrogens with two attached hydrogens (primary N) is 1. The van der Waals surface area contributed by atoms with Gasteiger partial charge in [0.1, 0.15) is 0 Å². The molecule has 0 heterocycles. The van der Waals surface area contributed by atoms with Crippen molar-refractivity contribution in [2.24, 2.45) is 5.73 Å². The van der Waals surface area contributed by atoms with Crippen molar-refractivity contribution in [1.82, 2.24) is 0 Å². The van der Waals surface area contributed by atoms with Crippen LogP contribution in [0.25, 0.3) is 11.1 Å². The van der Waals surface area contributed by atoms with Crippen molar-refractivity contribution >= 4 is 11.6 Å². The second-order valence-corrected chi connectivity index (χ2v) is 4.94. The van der Waals surface area contributed by atoms with Gasteiger partial charge in [0.15, 0.2) is 0 Å². The maximum atomic E-state index is 12.8. The number of alkyl halides is 3. The normalized spacial score (nSPS) is 11.7. The van der Waals surface area contributed by atoms with Crippen molar-refractivity contribution in [3.8, 4) is 11.1 Å². The fourth-order valence-electron chi connectivity index (χ4n) is 1.96. The van der Waals surface area contributed by atoms with Crippen LogP contribution in [0.1, 0.15) is 16.7 Å². The number of halogens is 4. The van der Waals surface area contributed by atoms with Crippen LogP contribution in [0.4, 0.5) is 13.2 Å². The van der Waals surface area contributed by atoms with Gasteiger partial charge >= 0.3 is 6.18 Å². The maximum absolute atomic E-state index is 12.8. The van der Waals surface area contributed by atoms with E-state index in [1.54, 1.807) is 18.2 Å². The predicted octanol–water partition coefficient (Wildman–Crippen LogP) is 4.79. The van der Waals surface area contributed by atoms with Crippen LogP contribution < -0.4 is 5.73 Å². The molecule has 1 nitrogen and oxygen atoms in total. The van der Waals surface area contributed by atoms with Crippen LogP contribution in [-0.2, 0) is 12.7 Å². The summed E-state index contributed by atoms with van der Waals surface area (Å²) in [6.07, 6.45) is -4.38. The minimum absolute atomic E-state index is 0.166. The molecule has 106 valence electrons. The molecule has 5 heteroatoms. The molecule has 20 heavy (non-hydrogen) atoms. The number of benzene rings is 2. The van der Waals surface area contributed by atoms with E-state index in [2.05, 4.69) is 0 Å². The summed E-state index contributed by atoms with van der Waals surface area (Å²) in [6, 6.07) is 8.75. The van der Waals surface area contributed by atoms with Crippen LogP contribution in [0.15, 0.2) is 36.4 Å². The Labute approximate surface area is 120 Å². The van der Waals surface area contributed by atoms with Crippen molar-refractivity contribution in [2.75, 3.05) is 0 Å². The molecule has 0 aliphatic carbocycles. The molecule has 0 atom stereocenters. The first-order valence-electron chi connectivity index (χ1n) is 5.99. The number of aryl methyl sites for hydroxylation is 1. The summed E-state index contributed by atoms with van der Waals surface area (Å²) in [4.78, 5) is 0. The number of hydrogen-bond acceptors (Lipinski definition) is 1.